The Morgan fingerprint density at radius 3 is 1.62 bits per heavy atom. The summed E-state index contributed by atoms with van der Waals surface area (Å²) >= 11 is 5.93. The van der Waals surface area contributed by atoms with E-state index in [4.69, 9.17) is 33.5 Å². The van der Waals surface area contributed by atoms with Gasteiger partial charge in [-0.3, -0.25) is 47.9 Å². The number of amides is 10. The van der Waals surface area contributed by atoms with E-state index in [2.05, 4.69) is 54.8 Å². The predicted octanol–water partition coefficient (Wildman–Crippen LogP) is -4.01. The highest BCUT2D eigenvalue weighted by Crippen LogP contribution is 2.15. The minimum Gasteiger partial charge on any atom is -0.479 e. The normalized spacial score (nSPS) is 23.3. The summed E-state index contributed by atoms with van der Waals surface area (Å²) in [5.41, 5.74) is 16.8. The van der Waals surface area contributed by atoms with E-state index < -0.39 is 188 Å². The summed E-state index contributed by atoms with van der Waals surface area (Å²) in [4.78, 5) is 168. The number of likely N-dealkylation sites (N-methyl/N-ethyl adjacent to an activating group) is 1. The van der Waals surface area contributed by atoms with Crippen LogP contribution < -0.4 is 70.4 Å². The number of nitrogens with one attached hydrogen (secondary N) is 10. The van der Waals surface area contributed by atoms with Gasteiger partial charge < -0.3 is 106 Å². The molecule has 1 heterocycles. The van der Waals surface area contributed by atoms with Crippen LogP contribution in [0.15, 0.2) is 11.8 Å². The van der Waals surface area contributed by atoms with Gasteiger partial charge in [-0.25, -0.2) is 9.59 Å². The molecule has 1 saturated heterocycles. The maximum absolute atomic E-state index is 14.4. The second kappa shape index (κ2) is 47.3. The third-order valence-corrected chi connectivity index (χ3v) is 15.2. The van der Waals surface area contributed by atoms with Crippen molar-refractivity contribution in [3.05, 3.63) is 11.8 Å². The van der Waals surface area contributed by atoms with Gasteiger partial charge in [-0.1, -0.05) is 96.5 Å². The zero-order chi connectivity index (χ0) is 69.3. The van der Waals surface area contributed by atoms with E-state index in [1.807, 2.05) is 5.32 Å². The van der Waals surface area contributed by atoms with Gasteiger partial charge in [-0.15, -0.1) is 11.6 Å². The molecule has 12 atom stereocenters. The molecule has 21 N–H and O–H groups in total. The summed E-state index contributed by atoms with van der Waals surface area (Å²) in [5.74, 6) is -16.4. The van der Waals surface area contributed by atoms with Crippen LogP contribution in [0.4, 0.5) is 0 Å². The van der Waals surface area contributed by atoms with Crippen molar-refractivity contribution in [1.82, 2.24) is 58.1 Å². The molecule has 0 spiro atoms. The summed E-state index contributed by atoms with van der Waals surface area (Å²) in [7, 11) is 3.44. The van der Waals surface area contributed by atoms with E-state index in [-0.39, 0.29) is 45.3 Å². The minimum atomic E-state index is -2.83. The fraction of sp³-hybridized carbons (Fsp3) is 0.763. The molecule has 0 aromatic heterocycles. The number of aliphatic hydroxyl groups is 4. The van der Waals surface area contributed by atoms with E-state index in [9.17, 15) is 83.1 Å². The van der Waals surface area contributed by atoms with Crippen LogP contribution in [0.5, 0.6) is 0 Å². The molecule has 0 aromatic carbocycles. The second-order valence-electron chi connectivity index (χ2n) is 23.0. The van der Waals surface area contributed by atoms with Crippen molar-refractivity contribution in [3.8, 4) is 0 Å². The highest BCUT2D eigenvalue weighted by atomic mass is 35.5. The average Bonchev–Trinajstić information content (AvgIpc) is 1.42. The minimum absolute atomic E-state index is 0.0587. The van der Waals surface area contributed by atoms with Crippen molar-refractivity contribution in [2.24, 2.45) is 17.2 Å². The molecule has 0 aromatic rings. The molecule has 526 valence electrons. The third-order valence-electron chi connectivity index (χ3n) is 14.9. The quantitative estimate of drug-likeness (QED) is 0.0124. The van der Waals surface area contributed by atoms with Gasteiger partial charge in [0, 0.05) is 13.1 Å². The number of alkyl halides is 1. The number of nitrogens with zero attached hydrogens (tertiary/aromatic N) is 1. The molecule has 0 aliphatic carbocycles. The molecular weight excluding hydrogens is 1230 g/mol. The monoisotopic (exact) mass is 1330 g/mol. The standard InChI is InChI=1S/C59H105ClN14O18/c1-6-8-9-10-11-12-13-14-15-16-17-18-19-22-36(76)31-45(79)65-42-34-92-59(91)47(43(77)33-60)72-50(81)37(7-2)66-56(87)46(35(3)75)71-53(84)40(25-28-63)68-51(82)38(23-20-21-26-61)67-54(85)41(32-44(78)64-29-30-74(4)5)70-52(83)39(24-27-62)69-57(88)48(73-55(42)86)49(80)58(89)90/h7,35-36,38-43,46-49,75-77,80H,6,8-34,61-63H2,1-5H3,(H,64,78)(H,65,79)(H,66,87)(H,67,85)(H,68,82)(H,69,88)(H,70,83)(H,71,84)(H,72,81)(H,73,86)(H,89,90)/b37-7+/t35-,36+,38?,39+,40-,41?,42?,43+,46?,47?,48?,49-/m0/s1. The number of ether oxygens (including phenoxy) is 1. The van der Waals surface area contributed by atoms with Crippen molar-refractivity contribution in [2.75, 3.05) is 59.3 Å². The molecule has 0 radical (unpaired) electrons. The molecule has 1 fully saturated rings. The zero-order valence-electron chi connectivity index (χ0n) is 53.9. The molecule has 0 bridgehead atoms. The van der Waals surface area contributed by atoms with Crippen LogP contribution in [0.2, 0.25) is 0 Å². The highest BCUT2D eigenvalue weighted by Gasteiger charge is 2.40. The lowest BCUT2D eigenvalue weighted by Crippen LogP contribution is -2.63. The number of cyclic esters (lactones) is 1. The molecule has 33 heteroatoms. The lowest BCUT2D eigenvalue weighted by Gasteiger charge is -2.29. The number of carboxylic acids is 1. The maximum atomic E-state index is 14.4. The van der Waals surface area contributed by atoms with Crippen molar-refractivity contribution in [2.45, 2.75) is 228 Å². The number of hydrogen-bond acceptors (Lipinski definition) is 21. The van der Waals surface area contributed by atoms with Crippen LogP contribution >= 0.6 is 11.6 Å². The van der Waals surface area contributed by atoms with Gasteiger partial charge in [0.25, 0.3) is 5.91 Å². The van der Waals surface area contributed by atoms with E-state index in [0.717, 1.165) is 51.5 Å². The number of carboxylic acid groups (broad SMARTS) is 1. The van der Waals surface area contributed by atoms with E-state index in [0.29, 0.717) is 19.4 Å². The van der Waals surface area contributed by atoms with Gasteiger partial charge in [-0.05, 0) is 86.1 Å². The number of aliphatic hydroxyl groups excluding tert-OH is 4. The molecule has 92 heavy (non-hydrogen) atoms. The number of rotatable bonds is 35. The Labute approximate surface area is 543 Å². The molecule has 6 unspecified atom stereocenters. The van der Waals surface area contributed by atoms with Gasteiger partial charge in [0.2, 0.25) is 53.2 Å². The lowest BCUT2D eigenvalue weighted by atomic mass is 10.0. The predicted molar refractivity (Wildman–Crippen MR) is 338 cm³/mol. The molecule has 32 nitrogen and oxygen atoms in total. The lowest BCUT2D eigenvalue weighted by molar-refractivity contribution is -0.154. The zero-order valence-corrected chi connectivity index (χ0v) is 54.7. The van der Waals surface area contributed by atoms with Gasteiger partial charge in [-0.2, -0.15) is 0 Å². The van der Waals surface area contributed by atoms with E-state index in [1.54, 1.807) is 19.0 Å². The Balaban J connectivity index is 3.99. The fourth-order valence-electron chi connectivity index (χ4n) is 9.44. The van der Waals surface area contributed by atoms with Crippen LogP contribution in [0.25, 0.3) is 0 Å². The molecule has 1 rings (SSSR count). The number of nitrogens with two attached hydrogens (primary N) is 3. The Kier molecular flexibility index (Phi) is 42.8. The second-order valence-corrected chi connectivity index (χ2v) is 23.3. The largest absolute Gasteiger partial charge is 0.479 e. The summed E-state index contributed by atoms with van der Waals surface area (Å²) in [6.07, 6.45) is 5.26. The van der Waals surface area contributed by atoms with Crippen LogP contribution in [-0.2, 0) is 62.3 Å². The molecule has 0 saturated carbocycles. The first-order chi connectivity index (χ1) is 43.7. The van der Waals surface area contributed by atoms with Crippen molar-refractivity contribution >= 4 is 82.6 Å². The Morgan fingerprint density at radius 2 is 1.12 bits per heavy atom. The van der Waals surface area contributed by atoms with Gasteiger partial charge in [0.15, 0.2) is 12.1 Å². The summed E-state index contributed by atoms with van der Waals surface area (Å²) in [5, 5.41) is 76.5. The molecule has 1 aliphatic heterocycles. The number of esters is 1. The van der Waals surface area contributed by atoms with Crippen molar-refractivity contribution in [3.63, 3.8) is 0 Å². The van der Waals surface area contributed by atoms with Crippen LogP contribution in [0.3, 0.4) is 0 Å². The molecule has 10 amide bonds. The number of hydrogen-bond donors (Lipinski definition) is 18. The first-order valence-electron chi connectivity index (χ1n) is 31.8. The van der Waals surface area contributed by atoms with E-state index in [1.165, 1.54) is 45.4 Å². The summed E-state index contributed by atoms with van der Waals surface area (Å²) in [6.45, 7) is 3.16. The average molecular weight is 1330 g/mol. The van der Waals surface area contributed by atoms with Crippen molar-refractivity contribution in [1.29, 1.82) is 0 Å². The number of carbonyl (C=O) groups excluding carboxylic acids is 11. The number of allylic oxidation sites excluding steroid dienone is 1. The number of unbranched alkanes of at least 4 members (excludes halogenated alkanes) is 13. The smallest absolute Gasteiger partial charge is 0.335 e. The number of aliphatic carboxylic acids is 1. The third kappa shape index (κ3) is 33.3. The van der Waals surface area contributed by atoms with E-state index >= 15 is 0 Å². The maximum Gasteiger partial charge on any atom is 0.335 e. The van der Waals surface area contributed by atoms with Gasteiger partial charge >= 0.3 is 11.9 Å². The SMILES string of the molecule is C/C=C1/NC(=O)C([C@H](C)O)NC(=O)[C@H](CCN)NC(=O)C(CCCCN)NC(=O)C(CC(=O)NCCN(C)C)NC(=O)[C@@H](CCN)NC(=O)C([C@H](O)C(=O)O)NC(=O)C(NC(=O)C[C@H](O)CCCCCCCCCCCCCCC)COC(=O)C([C@H](O)CCl)NC1=O. The fourth-order valence-corrected chi connectivity index (χ4v) is 9.61. The Morgan fingerprint density at radius 1 is 0.620 bits per heavy atom. The van der Waals surface area contributed by atoms with Gasteiger partial charge in [0.1, 0.15) is 54.6 Å². The number of halogens is 1. The summed E-state index contributed by atoms with van der Waals surface area (Å²) in [6, 6.07) is -15.6. The highest BCUT2D eigenvalue weighted by molar-refractivity contribution is 6.18. The summed E-state index contributed by atoms with van der Waals surface area (Å²) < 4.78 is 5.33. The first-order valence-corrected chi connectivity index (χ1v) is 32.3. The molecule has 1 aliphatic rings. The van der Waals surface area contributed by atoms with Crippen LogP contribution in [-0.4, -0.2) is 233 Å². The Hall–Kier alpha value is -6.65. The Bertz CT molecular complexity index is 2370. The van der Waals surface area contributed by atoms with Crippen molar-refractivity contribution < 1.29 is 87.8 Å². The molecular formula is C59H105ClN14O18. The van der Waals surface area contributed by atoms with Crippen LogP contribution in [0.1, 0.15) is 156 Å². The van der Waals surface area contributed by atoms with Gasteiger partial charge in [0.05, 0.1) is 37.0 Å². The topological polar surface area (TPSA) is 517 Å². The number of carbonyl (C=O) groups is 12. The van der Waals surface area contributed by atoms with Crippen LogP contribution in [0, 0.1) is 0 Å². The first kappa shape index (κ1) is 83.4.